The number of hydrogen-bond donors (Lipinski definition) is 1. The normalized spacial score (nSPS) is 14.9. The zero-order valence-corrected chi connectivity index (χ0v) is 12.1. The number of imide groups is 1. The molecule has 20 heavy (non-hydrogen) atoms. The van der Waals surface area contributed by atoms with Crippen LogP contribution >= 0.6 is 21.6 Å². The summed E-state index contributed by atoms with van der Waals surface area (Å²) in [6.07, 6.45) is 2.09. The number of hydrogen-bond acceptors (Lipinski definition) is 6. The molecule has 1 aromatic heterocycles. The third kappa shape index (κ3) is 3.73. The second-order valence-corrected chi connectivity index (χ2v) is 6.46. The number of pyridine rings is 1. The van der Waals surface area contributed by atoms with Crippen molar-refractivity contribution in [2.45, 2.75) is 24.3 Å². The van der Waals surface area contributed by atoms with Crippen molar-refractivity contribution in [1.29, 1.82) is 0 Å². The van der Waals surface area contributed by atoms with Crippen LogP contribution in [0.2, 0.25) is 0 Å². The van der Waals surface area contributed by atoms with E-state index >= 15 is 0 Å². The topological polar surface area (TPSA) is 87.6 Å². The second kappa shape index (κ2) is 6.76. The molecule has 1 aliphatic rings. The fourth-order valence-corrected chi connectivity index (χ4v) is 3.49. The first-order chi connectivity index (χ1) is 9.58. The fraction of sp³-hybridized carbons (Fsp3) is 0.333. The molecular weight excluding hydrogens is 300 g/mol. The van der Waals surface area contributed by atoms with E-state index in [1.54, 1.807) is 12.1 Å². The molecular formula is C12H12N2O4S2. The number of anilines is 1. The quantitative estimate of drug-likeness (QED) is 0.488. The SMILES string of the molecule is O=C(O)CCSSc1ccc(N2C(=O)CCC2=O)cn1. The number of carbonyl (C=O) groups excluding carboxylic acids is 2. The average Bonchev–Trinajstić information content (AvgIpc) is 2.75. The van der Waals surface area contributed by atoms with Crippen molar-refractivity contribution in [3.63, 3.8) is 0 Å². The summed E-state index contributed by atoms with van der Waals surface area (Å²) in [6.45, 7) is 0. The van der Waals surface area contributed by atoms with E-state index in [-0.39, 0.29) is 31.1 Å². The molecule has 0 aliphatic carbocycles. The summed E-state index contributed by atoms with van der Waals surface area (Å²) in [4.78, 5) is 38.8. The largest absolute Gasteiger partial charge is 0.481 e. The maximum atomic E-state index is 11.6. The van der Waals surface area contributed by atoms with Crippen molar-refractivity contribution in [2.24, 2.45) is 0 Å². The molecule has 2 amide bonds. The maximum absolute atomic E-state index is 11.6. The van der Waals surface area contributed by atoms with Crippen molar-refractivity contribution in [3.8, 4) is 0 Å². The number of amides is 2. The first-order valence-corrected chi connectivity index (χ1v) is 8.23. The highest BCUT2D eigenvalue weighted by atomic mass is 33.1. The Bertz CT molecular complexity index is 517. The Morgan fingerprint density at radius 2 is 2.00 bits per heavy atom. The lowest BCUT2D eigenvalue weighted by atomic mass is 10.4. The molecule has 0 spiro atoms. The summed E-state index contributed by atoms with van der Waals surface area (Å²) in [5.74, 6) is -0.736. The Labute approximate surface area is 123 Å². The third-order valence-corrected chi connectivity index (χ3v) is 4.84. The van der Waals surface area contributed by atoms with Gasteiger partial charge in [0.25, 0.3) is 0 Å². The van der Waals surface area contributed by atoms with Crippen molar-refractivity contribution >= 4 is 45.1 Å². The summed E-state index contributed by atoms with van der Waals surface area (Å²) in [6, 6.07) is 3.39. The Balaban J connectivity index is 1.91. The van der Waals surface area contributed by atoms with Crippen molar-refractivity contribution in [3.05, 3.63) is 18.3 Å². The number of carboxylic acid groups (broad SMARTS) is 1. The lowest BCUT2D eigenvalue weighted by Gasteiger charge is -2.13. The molecule has 2 heterocycles. The summed E-state index contributed by atoms with van der Waals surface area (Å²) in [7, 11) is 2.77. The summed E-state index contributed by atoms with van der Waals surface area (Å²) in [5, 5.41) is 9.22. The molecule has 2 rings (SSSR count). The molecule has 1 aromatic rings. The van der Waals surface area contributed by atoms with E-state index in [1.807, 2.05) is 0 Å². The van der Waals surface area contributed by atoms with Crippen LogP contribution < -0.4 is 4.90 Å². The lowest BCUT2D eigenvalue weighted by Crippen LogP contribution is -2.28. The molecule has 0 atom stereocenters. The maximum Gasteiger partial charge on any atom is 0.304 e. The zero-order valence-electron chi connectivity index (χ0n) is 10.4. The van der Waals surface area contributed by atoms with Crippen LogP contribution in [0.4, 0.5) is 5.69 Å². The van der Waals surface area contributed by atoms with Gasteiger partial charge in [-0.3, -0.25) is 14.4 Å². The van der Waals surface area contributed by atoms with Gasteiger partial charge in [-0.1, -0.05) is 10.8 Å². The Hall–Kier alpha value is -1.54. The van der Waals surface area contributed by atoms with Crippen molar-refractivity contribution in [2.75, 3.05) is 10.7 Å². The van der Waals surface area contributed by atoms with Crippen LogP contribution in [-0.2, 0) is 14.4 Å². The van der Waals surface area contributed by atoms with Gasteiger partial charge >= 0.3 is 5.97 Å². The van der Waals surface area contributed by atoms with E-state index in [9.17, 15) is 14.4 Å². The third-order valence-electron chi connectivity index (χ3n) is 2.57. The van der Waals surface area contributed by atoms with Gasteiger partial charge in [-0.25, -0.2) is 9.88 Å². The van der Waals surface area contributed by atoms with Crippen LogP contribution in [0.3, 0.4) is 0 Å². The molecule has 1 N–H and O–H groups in total. The van der Waals surface area contributed by atoms with Crippen LogP contribution in [0.15, 0.2) is 23.4 Å². The first kappa shape index (κ1) is 14.9. The molecule has 6 nitrogen and oxygen atoms in total. The molecule has 106 valence electrons. The predicted molar refractivity (Wildman–Crippen MR) is 76.5 cm³/mol. The monoisotopic (exact) mass is 312 g/mol. The van der Waals surface area contributed by atoms with Crippen LogP contribution in [0.5, 0.6) is 0 Å². The molecule has 0 unspecified atom stereocenters. The van der Waals surface area contributed by atoms with Gasteiger partial charge in [0.1, 0.15) is 5.03 Å². The van der Waals surface area contributed by atoms with E-state index in [4.69, 9.17) is 5.11 Å². The van der Waals surface area contributed by atoms with Gasteiger partial charge in [0.05, 0.1) is 18.3 Å². The van der Waals surface area contributed by atoms with Crippen LogP contribution in [0.25, 0.3) is 0 Å². The molecule has 1 saturated heterocycles. The van der Waals surface area contributed by atoms with Gasteiger partial charge in [0.15, 0.2) is 0 Å². The standard InChI is InChI=1S/C12H12N2O4S2/c15-10-3-4-11(16)14(10)8-1-2-9(13-7-8)20-19-6-5-12(17)18/h1-2,7H,3-6H2,(H,17,18). The van der Waals surface area contributed by atoms with E-state index in [1.165, 1.54) is 27.8 Å². The number of carboxylic acids is 1. The summed E-state index contributed by atoms with van der Waals surface area (Å²) >= 11 is 0. The van der Waals surface area contributed by atoms with Crippen LogP contribution in [0, 0.1) is 0 Å². The number of aromatic nitrogens is 1. The van der Waals surface area contributed by atoms with Crippen LogP contribution in [-0.4, -0.2) is 33.6 Å². The number of rotatable bonds is 6. The molecule has 0 aromatic carbocycles. The van der Waals surface area contributed by atoms with Crippen LogP contribution in [0.1, 0.15) is 19.3 Å². The Morgan fingerprint density at radius 1 is 1.30 bits per heavy atom. The smallest absolute Gasteiger partial charge is 0.304 e. The van der Waals surface area contributed by atoms with E-state index in [2.05, 4.69) is 4.98 Å². The number of aliphatic carboxylic acids is 1. The predicted octanol–water partition coefficient (Wildman–Crippen LogP) is 1.95. The second-order valence-electron chi connectivity index (χ2n) is 4.03. The number of nitrogens with zero attached hydrogens (tertiary/aromatic N) is 2. The Kier molecular flexibility index (Phi) is 5.02. The zero-order chi connectivity index (χ0) is 14.5. The number of carbonyl (C=O) groups is 3. The fourth-order valence-electron chi connectivity index (χ4n) is 1.65. The van der Waals surface area contributed by atoms with Gasteiger partial charge in [-0.05, 0) is 22.9 Å². The van der Waals surface area contributed by atoms with Gasteiger partial charge < -0.3 is 5.11 Å². The highest BCUT2D eigenvalue weighted by Crippen LogP contribution is 2.31. The minimum atomic E-state index is -0.826. The minimum absolute atomic E-state index is 0.104. The summed E-state index contributed by atoms with van der Waals surface area (Å²) < 4.78 is 0. The molecule has 0 saturated carbocycles. The highest BCUT2D eigenvalue weighted by Gasteiger charge is 2.30. The molecule has 1 aliphatic heterocycles. The van der Waals surface area contributed by atoms with Crippen molar-refractivity contribution < 1.29 is 19.5 Å². The van der Waals surface area contributed by atoms with Crippen molar-refractivity contribution in [1.82, 2.24) is 4.98 Å². The van der Waals surface area contributed by atoms with E-state index in [0.717, 1.165) is 4.90 Å². The molecule has 0 bridgehead atoms. The van der Waals surface area contributed by atoms with E-state index < -0.39 is 5.97 Å². The van der Waals surface area contributed by atoms with Gasteiger partial charge in [0.2, 0.25) is 11.8 Å². The Morgan fingerprint density at radius 3 is 2.55 bits per heavy atom. The van der Waals surface area contributed by atoms with Gasteiger partial charge in [0, 0.05) is 18.6 Å². The molecule has 1 fully saturated rings. The lowest BCUT2D eigenvalue weighted by molar-refractivity contribution is -0.136. The van der Waals surface area contributed by atoms with E-state index in [0.29, 0.717) is 16.5 Å². The average molecular weight is 312 g/mol. The molecule has 8 heteroatoms. The first-order valence-electron chi connectivity index (χ1n) is 5.91. The van der Waals surface area contributed by atoms with Gasteiger partial charge in [-0.15, -0.1) is 0 Å². The highest BCUT2D eigenvalue weighted by molar-refractivity contribution is 8.76. The van der Waals surface area contributed by atoms with Gasteiger partial charge in [-0.2, -0.15) is 0 Å². The summed E-state index contributed by atoms with van der Waals surface area (Å²) in [5.41, 5.74) is 0.484. The molecule has 0 radical (unpaired) electrons. The minimum Gasteiger partial charge on any atom is -0.481 e.